The average molecular weight is 354 g/mol. The normalized spacial score (nSPS) is 19.8. The Balaban J connectivity index is 0.00000110. The van der Waals surface area contributed by atoms with Gasteiger partial charge in [0.1, 0.15) is 10.7 Å². The predicted molar refractivity (Wildman–Crippen MR) is 76.9 cm³/mol. The van der Waals surface area contributed by atoms with Gasteiger partial charge < -0.3 is 12.4 Å². The van der Waals surface area contributed by atoms with Gasteiger partial charge in [0.25, 0.3) is 10.0 Å². The highest BCUT2D eigenvalue weighted by atomic mass is 35.5. The van der Waals surface area contributed by atoms with Gasteiger partial charge in [-0.1, -0.05) is 35.4 Å². The van der Waals surface area contributed by atoms with Crippen LogP contribution in [0.1, 0.15) is 14.3 Å². The van der Waals surface area contributed by atoms with Crippen molar-refractivity contribution in [2.45, 2.75) is 17.7 Å². The van der Waals surface area contributed by atoms with E-state index in [1.807, 2.05) is 12.2 Å². The van der Waals surface area contributed by atoms with Gasteiger partial charge in [-0.05, 0) is 25.0 Å². The molecule has 0 radical (unpaired) electrons. The summed E-state index contributed by atoms with van der Waals surface area (Å²) in [7, 11) is -3.62. The highest BCUT2D eigenvalue weighted by Crippen LogP contribution is 2.36. The molecule has 0 fully saturated rings. The van der Waals surface area contributed by atoms with Crippen LogP contribution in [-0.2, 0) is 10.0 Å². The number of sulfonamides is 1. The molecule has 2 aliphatic rings. The summed E-state index contributed by atoms with van der Waals surface area (Å²) in [5, 5.41) is 0.497. The third-order valence-electron chi connectivity index (χ3n) is 3.17. The molecule has 0 saturated heterocycles. The molecular formula is C12H11Cl3N2O2S. The first-order valence-corrected chi connectivity index (χ1v) is 7.97. The minimum absolute atomic E-state index is 0. The van der Waals surface area contributed by atoms with Gasteiger partial charge in [0.15, 0.2) is 0 Å². The van der Waals surface area contributed by atoms with Crippen LogP contribution < -0.4 is 17.1 Å². The van der Waals surface area contributed by atoms with Gasteiger partial charge >= 0.3 is 1.43 Å². The first kappa shape index (κ1) is 15.6. The Hall–Kier alpha value is -0.750. The Bertz CT molecular complexity index is 711. The number of benzene rings is 1. The molecule has 0 saturated carbocycles. The fraction of sp³-hybridized carbons (Fsp3) is 0.250. The minimum Gasteiger partial charge on any atom is -1.00 e. The molecule has 4 nitrogen and oxygen atoms in total. The molecule has 0 unspecified atom stereocenters. The van der Waals surface area contributed by atoms with Gasteiger partial charge in [-0.2, -0.15) is 0 Å². The lowest BCUT2D eigenvalue weighted by Gasteiger charge is -2.22. The van der Waals surface area contributed by atoms with E-state index < -0.39 is 10.0 Å². The highest BCUT2D eigenvalue weighted by molar-refractivity contribution is 7.90. The van der Waals surface area contributed by atoms with E-state index in [2.05, 4.69) is 9.71 Å². The standard InChI is InChI=1S/C12H10Cl2N2O2S.ClH/c13-8-5-10-11(6-9(8)14)19(17,18)16-12(15-10)7-3-1-2-4-7;/h1-2,5-7H,3-4H2,(H,15,16);1H. The van der Waals surface area contributed by atoms with E-state index >= 15 is 0 Å². The molecule has 1 aromatic rings. The Morgan fingerprint density at radius 3 is 2.45 bits per heavy atom. The molecule has 0 atom stereocenters. The maximum absolute atomic E-state index is 12.2. The lowest BCUT2D eigenvalue weighted by atomic mass is 10.1. The van der Waals surface area contributed by atoms with Crippen LogP contribution in [0.15, 0.2) is 34.2 Å². The summed E-state index contributed by atoms with van der Waals surface area (Å²) in [5.41, 5.74) is 0.343. The van der Waals surface area contributed by atoms with Gasteiger partial charge in [-0.3, -0.25) is 4.72 Å². The fourth-order valence-corrected chi connectivity index (χ4v) is 3.82. The van der Waals surface area contributed by atoms with Crippen molar-refractivity contribution in [1.29, 1.82) is 0 Å². The highest BCUT2D eigenvalue weighted by Gasteiger charge is 2.30. The molecule has 108 valence electrons. The number of nitrogens with zero attached hydrogens (tertiary/aromatic N) is 1. The van der Waals surface area contributed by atoms with Crippen LogP contribution in [0.5, 0.6) is 0 Å². The Morgan fingerprint density at radius 1 is 1.20 bits per heavy atom. The zero-order valence-electron chi connectivity index (χ0n) is 11.1. The molecule has 0 spiro atoms. The Kier molecular flexibility index (Phi) is 4.35. The van der Waals surface area contributed by atoms with Crippen LogP contribution in [-0.4, -0.2) is 14.3 Å². The van der Waals surface area contributed by atoms with Crippen LogP contribution in [0.4, 0.5) is 5.69 Å². The van der Waals surface area contributed by atoms with Crippen molar-refractivity contribution in [2.75, 3.05) is 0 Å². The summed E-state index contributed by atoms with van der Waals surface area (Å²) >= 11 is 11.8. The second-order valence-electron chi connectivity index (χ2n) is 4.48. The molecule has 1 aliphatic carbocycles. The van der Waals surface area contributed by atoms with Gasteiger partial charge in [-0.15, -0.1) is 0 Å². The van der Waals surface area contributed by atoms with Crippen molar-refractivity contribution in [1.82, 2.24) is 4.72 Å². The third-order valence-corrected chi connectivity index (χ3v) is 5.27. The van der Waals surface area contributed by atoms with E-state index in [4.69, 9.17) is 23.2 Å². The van der Waals surface area contributed by atoms with Gasteiger partial charge in [0.05, 0.1) is 15.7 Å². The molecule has 0 amide bonds. The van der Waals surface area contributed by atoms with Crippen molar-refractivity contribution in [3.05, 3.63) is 34.3 Å². The molecule has 1 aliphatic heterocycles. The maximum atomic E-state index is 12.2. The molecule has 1 N–H and O–H groups in total. The summed E-state index contributed by atoms with van der Waals surface area (Å²) in [6.07, 6.45) is 5.62. The van der Waals surface area contributed by atoms with Gasteiger partial charge in [0.2, 0.25) is 0 Å². The number of nitrogens with one attached hydrogen (secondary N) is 1. The summed E-state index contributed by atoms with van der Waals surface area (Å²) in [6, 6.07) is 2.81. The van der Waals surface area contributed by atoms with Gasteiger partial charge in [-0.25, -0.2) is 13.4 Å². The first-order chi connectivity index (χ1) is 8.97. The lowest BCUT2D eigenvalue weighted by Crippen LogP contribution is -3.00. The van der Waals surface area contributed by atoms with Crippen LogP contribution in [0.2, 0.25) is 10.0 Å². The second-order valence-corrected chi connectivity index (χ2v) is 6.94. The van der Waals surface area contributed by atoms with E-state index in [9.17, 15) is 8.42 Å². The Morgan fingerprint density at radius 2 is 1.80 bits per heavy atom. The summed E-state index contributed by atoms with van der Waals surface area (Å²) in [4.78, 5) is 4.43. The molecule has 20 heavy (non-hydrogen) atoms. The number of fused-ring (bicyclic) bond motifs is 1. The molecule has 0 aromatic heterocycles. The summed E-state index contributed by atoms with van der Waals surface area (Å²) in [5.74, 6) is 0.549. The lowest BCUT2D eigenvalue weighted by molar-refractivity contribution is -0.00000632. The maximum Gasteiger partial charge on any atom is 1.00 e. The van der Waals surface area contributed by atoms with Crippen molar-refractivity contribution in [3.63, 3.8) is 0 Å². The predicted octanol–water partition coefficient (Wildman–Crippen LogP) is 0.398. The van der Waals surface area contributed by atoms with Crippen LogP contribution in [0.3, 0.4) is 0 Å². The molecule has 0 bridgehead atoms. The molecule has 3 rings (SSSR count). The molecule has 1 heterocycles. The van der Waals surface area contributed by atoms with Crippen LogP contribution >= 0.6 is 23.2 Å². The van der Waals surface area contributed by atoms with E-state index in [1.54, 1.807) is 0 Å². The smallest absolute Gasteiger partial charge is 1.00 e. The summed E-state index contributed by atoms with van der Waals surface area (Å²) < 4.78 is 26.9. The minimum atomic E-state index is -3.62. The number of allylic oxidation sites excluding steroid dienone is 2. The average Bonchev–Trinajstić information content (AvgIpc) is 2.84. The SMILES string of the molecule is O=S1(=O)NC(C2CC=CC2)=Nc2cc(Cl)c(Cl)cc21.[Cl-].[H+]. The van der Waals surface area contributed by atoms with Crippen molar-refractivity contribution in [2.24, 2.45) is 10.9 Å². The number of hydrogen-bond donors (Lipinski definition) is 1. The van der Waals surface area contributed by atoms with E-state index in [0.29, 0.717) is 16.5 Å². The third kappa shape index (κ3) is 2.68. The van der Waals surface area contributed by atoms with Crippen molar-refractivity contribution < 1.29 is 22.3 Å². The van der Waals surface area contributed by atoms with Crippen molar-refractivity contribution in [3.8, 4) is 0 Å². The number of amidine groups is 1. The Labute approximate surface area is 134 Å². The molecular weight excluding hydrogens is 343 g/mol. The largest absolute Gasteiger partial charge is 1.00 e. The molecule has 8 heteroatoms. The van der Waals surface area contributed by atoms with Crippen LogP contribution in [0.25, 0.3) is 0 Å². The number of hydrogen-bond acceptors (Lipinski definition) is 3. The number of rotatable bonds is 1. The summed E-state index contributed by atoms with van der Waals surface area (Å²) in [6.45, 7) is 0. The van der Waals surface area contributed by atoms with E-state index in [1.165, 1.54) is 12.1 Å². The molecule has 1 aromatic carbocycles. The van der Waals surface area contributed by atoms with Gasteiger partial charge in [0, 0.05) is 5.92 Å². The van der Waals surface area contributed by atoms with E-state index in [0.717, 1.165) is 12.8 Å². The zero-order valence-corrected chi connectivity index (χ0v) is 13.2. The zero-order chi connectivity index (χ0) is 13.6. The number of halogens is 3. The monoisotopic (exact) mass is 352 g/mol. The number of aliphatic imine (C=N–C) groups is 1. The fourth-order valence-electron chi connectivity index (χ4n) is 2.18. The van der Waals surface area contributed by atoms with Crippen LogP contribution in [0, 0.1) is 5.92 Å². The van der Waals surface area contributed by atoms with E-state index in [-0.39, 0.29) is 29.7 Å². The second kappa shape index (κ2) is 5.56. The first-order valence-electron chi connectivity index (χ1n) is 5.73. The van der Waals surface area contributed by atoms with Crippen molar-refractivity contribution >= 4 is 44.7 Å². The quantitative estimate of drug-likeness (QED) is 0.743. The topological polar surface area (TPSA) is 58.5 Å².